The Morgan fingerprint density at radius 1 is 1.50 bits per heavy atom. The van der Waals surface area contributed by atoms with Crippen LogP contribution in [0.2, 0.25) is 0 Å². The lowest BCUT2D eigenvalue weighted by Crippen LogP contribution is -2.25. The van der Waals surface area contributed by atoms with Gasteiger partial charge < -0.3 is 9.64 Å². The summed E-state index contributed by atoms with van der Waals surface area (Å²) in [6.45, 7) is 4.33. The van der Waals surface area contributed by atoms with Crippen LogP contribution in [0.5, 0.6) is 5.75 Å². The third-order valence-electron chi connectivity index (χ3n) is 2.65. The Morgan fingerprint density at radius 3 is 2.78 bits per heavy atom. The van der Waals surface area contributed by atoms with Gasteiger partial charge in [0, 0.05) is 23.9 Å². The van der Waals surface area contributed by atoms with E-state index < -0.39 is 0 Å². The van der Waals surface area contributed by atoms with Crippen LogP contribution in [0.4, 0.5) is 10.1 Å². The number of hydrogen-bond donors (Lipinski definition) is 0. The Kier molecular flexibility index (Phi) is 3.90. The van der Waals surface area contributed by atoms with E-state index in [4.69, 9.17) is 4.74 Å². The van der Waals surface area contributed by atoms with Gasteiger partial charge in [-0.3, -0.25) is 4.79 Å². The minimum Gasteiger partial charge on any atom is -0.489 e. The number of anilines is 1. The van der Waals surface area contributed by atoms with Crippen molar-refractivity contribution in [2.45, 2.75) is 31.2 Å². The molecule has 0 radical (unpaired) electrons. The molecule has 0 aromatic heterocycles. The number of ether oxygens (including phenoxy) is 1. The first-order chi connectivity index (χ1) is 8.47. The summed E-state index contributed by atoms with van der Waals surface area (Å²) in [5, 5.41) is 0. The van der Waals surface area contributed by atoms with Crippen LogP contribution in [-0.2, 0) is 4.79 Å². The van der Waals surface area contributed by atoms with E-state index >= 15 is 0 Å². The average molecular weight is 316 g/mol. The van der Waals surface area contributed by atoms with Crippen molar-refractivity contribution in [2.75, 3.05) is 11.4 Å². The van der Waals surface area contributed by atoms with E-state index in [1.165, 1.54) is 12.1 Å². The molecule has 1 atom stereocenters. The van der Waals surface area contributed by atoms with Gasteiger partial charge in [-0.05, 0) is 26.0 Å². The van der Waals surface area contributed by atoms with Crippen LogP contribution in [0.1, 0.15) is 20.3 Å². The number of alkyl halides is 1. The third kappa shape index (κ3) is 2.83. The molecule has 5 heteroatoms. The van der Waals surface area contributed by atoms with E-state index in [1.54, 1.807) is 11.0 Å². The first kappa shape index (κ1) is 13.3. The van der Waals surface area contributed by atoms with Crippen molar-refractivity contribution in [1.29, 1.82) is 0 Å². The van der Waals surface area contributed by atoms with Crippen molar-refractivity contribution in [2.24, 2.45) is 0 Å². The lowest BCUT2D eigenvalue weighted by Gasteiger charge is -2.21. The second-order valence-electron chi connectivity index (χ2n) is 4.58. The number of carbonyl (C=O) groups excluding carboxylic acids is 1. The molecule has 1 unspecified atom stereocenters. The summed E-state index contributed by atoms with van der Waals surface area (Å²) in [5.74, 6) is 0.157. The Morgan fingerprint density at radius 2 is 2.22 bits per heavy atom. The molecule has 0 bridgehead atoms. The summed E-state index contributed by atoms with van der Waals surface area (Å²) < 4.78 is 19.0. The zero-order valence-corrected chi connectivity index (χ0v) is 11.9. The van der Waals surface area contributed by atoms with Crippen molar-refractivity contribution < 1.29 is 13.9 Å². The average Bonchev–Trinajstić information content (AvgIpc) is 2.60. The third-order valence-corrected chi connectivity index (χ3v) is 3.27. The summed E-state index contributed by atoms with van der Waals surface area (Å²) in [7, 11) is 0. The number of carbonyl (C=O) groups is 1. The number of halogens is 2. The van der Waals surface area contributed by atoms with Crippen molar-refractivity contribution in [3.63, 3.8) is 0 Å². The fraction of sp³-hybridized carbons (Fsp3) is 0.462. The second-order valence-corrected chi connectivity index (χ2v) is 5.88. The van der Waals surface area contributed by atoms with E-state index in [9.17, 15) is 9.18 Å². The molecule has 0 N–H and O–H groups in total. The summed E-state index contributed by atoms with van der Waals surface area (Å²) in [6, 6.07) is 4.26. The maximum Gasteiger partial charge on any atom is 0.228 e. The molecule has 0 aliphatic carbocycles. The van der Waals surface area contributed by atoms with E-state index in [1.807, 2.05) is 13.8 Å². The molecule has 0 spiro atoms. The van der Waals surface area contributed by atoms with Crippen molar-refractivity contribution in [1.82, 2.24) is 0 Å². The Balaban J connectivity index is 2.35. The highest BCUT2D eigenvalue weighted by Crippen LogP contribution is 2.34. The van der Waals surface area contributed by atoms with Crippen LogP contribution in [0, 0.1) is 5.82 Å². The van der Waals surface area contributed by atoms with Gasteiger partial charge in [0.05, 0.1) is 11.8 Å². The predicted octanol–water partition coefficient (Wildman–Crippen LogP) is 3.11. The maximum atomic E-state index is 13.4. The number of benzene rings is 1. The van der Waals surface area contributed by atoms with E-state index in [2.05, 4.69) is 15.9 Å². The highest BCUT2D eigenvalue weighted by Gasteiger charge is 2.31. The number of nitrogens with zero attached hydrogens (tertiary/aromatic N) is 1. The topological polar surface area (TPSA) is 29.5 Å². The molecule has 1 saturated heterocycles. The maximum absolute atomic E-state index is 13.4. The Bertz CT molecular complexity index is 464. The van der Waals surface area contributed by atoms with Gasteiger partial charge in [-0.1, -0.05) is 15.9 Å². The van der Waals surface area contributed by atoms with Gasteiger partial charge >= 0.3 is 0 Å². The molecule has 1 amide bonds. The molecule has 1 aromatic carbocycles. The zero-order valence-electron chi connectivity index (χ0n) is 10.3. The van der Waals surface area contributed by atoms with Crippen LogP contribution in [0.15, 0.2) is 18.2 Å². The second kappa shape index (κ2) is 5.26. The SMILES string of the molecule is CC(C)Oc1ccc(F)cc1N1CC(Br)CC1=O. The van der Waals surface area contributed by atoms with E-state index in [-0.39, 0.29) is 22.7 Å². The fourth-order valence-corrected chi connectivity index (χ4v) is 2.52. The van der Waals surface area contributed by atoms with E-state index in [0.717, 1.165) is 0 Å². The van der Waals surface area contributed by atoms with Crippen molar-refractivity contribution in [3.8, 4) is 5.75 Å². The van der Waals surface area contributed by atoms with Crippen molar-refractivity contribution >= 4 is 27.5 Å². The van der Waals surface area contributed by atoms with Crippen LogP contribution < -0.4 is 9.64 Å². The fourth-order valence-electron chi connectivity index (χ4n) is 1.95. The standard InChI is InChI=1S/C13H15BrFNO2/c1-8(2)18-12-4-3-10(15)6-11(12)16-7-9(14)5-13(16)17/h3-4,6,8-9H,5,7H2,1-2H3. The molecule has 3 nitrogen and oxygen atoms in total. The normalized spacial score (nSPS) is 19.7. The summed E-state index contributed by atoms with van der Waals surface area (Å²) in [5.41, 5.74) is 0.510. The van der Waals surface area contributed by atoms with Crippen molar-refractivity contribution in [3.05, 3.63) is 24.0 Å². The minimum absolute atomic E-state index is 0.0175. The lowest BCUT2D eigenvalue weighted by molar-refractivity contribution is -0.117. The molecule has 1 aromatic rings. The molecule has 0 saturated carbocycles. The highest BCUT2D eigenvalue weighted by molar-refractivity contribution is 9.09. The van der Waals surface area contributed by atoms with Gasteiger partial charge in [0.2, 0.25) is 5.91 Å². The van der Waals surface area contributed by atoms with Gasteiger partial charge in [-0.2, -0.15) is 0 Å². The van der Waals surface area contributed by atoms with Gasteiger partial charge in [0.25, 0.3) is 0 Å². The van der Waals surface area contributed by atoms with Gasteiger partial charge in [-0.15, -0.1) is 0 Å². The molecular weight excluding hydrogens is 301 g/mol. The minimum atomic E-state index is -0.369. The first-order valence-electron chi connectivity index (χ1n) is 5.88. The Hall–Kier alpha value is -1.10. The molecular formula is C13H15BrFNO2. The molecule has 1 fully saturated rings. The molecule has 98 valence electrons. The number of rotatable bonds is 3. The van der Waals surface area contributed by atoms with Crippen LogP contribution >= 0.6 is 15.9 Å². The van der Waals surface area contributed by atoms with Gasteiger partial charge in [0.15, 0.2) is 0 Å². The van der Waals surface area contributed by atoms with E-state index in [0.29, 0.717) is 24.4 Å². The van der Waals surface area contributed by atoms with Gasteiger partial charge in [-0.25, -0.2) is 4.39 Å². The quantitative estimate of drug-likeness (QED) is 0.802. The first-order valence-corrected chi connectivity index (χ1v) is 6.79. The molecule has 1 aliphatic heterocycles. The van der Waals surface area contributed by atoms with Crippen LogP contribution in [0.25, 0.3) is 0 Å². The highest BCUT2D eigenvalue weighted by atomic mass is 79.9. The smallest absolute Gasteiger partial charge is 0.228 e. The summed E-state index contributed by atoms with van der Waals surface area (Å²) >= 11 is 3.41. The Labute approximate surface area is 114 Å². The molecule has 1 heterocycles. The molecule has 18 heavy (non-hydrogen) atoms. The number of amides is 1. The zero-order chi connectivity index (χ0) is 13.3. The van der Waals surface area contributed by atoms with Gasteiger partial charge in [0.1, 0.15) is 11.6 Å². The lowest BCUT2D eigenvalue weighted by atomic mass is 10.2. The van der Waals surface area contributed by atoms with Crippen LogP contribution in [0.3, 0.4) is 0 Å². The predicted molar refractivity (Wildman–Crippen MR) is 71.8 cm³/mol. The summed E-state index contributed by atoms with van der Waals surface area (Å²) in [6.07, 6.45) is 0.407. The number of hydrogen-bond acceptors (Lipinski definition) is 2. The van der Waals surface area contributed by atoms with Crippen LogP contribution in [-0.4, -0.2) is 23.4 Å². The molecule has 2 rings (SSSR count). The monoisotopic (exact) mass is 315 g/mol. The summed E-state index contributed by atoms with van der Waals surface area (Å²) in [4.78, 5) is 13.5. The molecule has 1 aliphatic rings. The largest absolute Gasteiger partial charge is 0.489 e.